The zero-order chi connectivity index (χ0) is 17.9. The summed E-state index contributed by atoms with van der Waals surface area (Å²) in [7, 11) is 1.84. The molecule has 0 aliphatic rings. The van der Waals surface area contributed by atoms with Crippen LogP contribution in [0, 0.1) is 0 Å². The van der Waals surface area contributed by atoms with E-state index in [0.29, 0.717) is 28.3 Å². The minimum atomic E-state index is -0.204. The number of rotatable bonds is 3. The topological polar surface area (TPSA) is 63.6 Å². The van der Waals surface area contributed by atoms with Crippen molar-refractivity contribution in [2.75, 3.05) is 0 Å². The first-order chi connectivity index (χ1) is 11.5. The maximum Gasteiger partial charge on any atom is 0.279 e. The second-order valence-corrected chi connectivity index (χ2v) is 6.12. The Kier molecular flexibility index (Phi) is 5.78. The first kappa shape index (κ1) is 18.2. The highest BCUT2D eigenvalue weighted by atomic mass is 35.5. The van der Waals surface area contributed by atoms with Crippen LogP contribution in [-0.4, -0.2) is 19.7 Å². The van der Waals surface area contributed by atoms with Crippen molar-refractivity contribution in [1.29, 1.82) is 0 Å². The number of H-pyrrole nitrogens is 1. The van der Waals surface area contributed by atoms with Gasteiger partial charge >= 0.3 is 0 Å². The summed E-state index contributed by atoms with van der Waals surface area (Å²) in [5.74, 6) is 0.859. The summed E-state index contributed by atoms with van der Waals surface area (Å²) in [6, 6.07) is 7.54. The summed E-state index contributed by atoms with van der Waals surface area (Å²) in [5.41, 5.74) is 2.84. The number of aromatic nitrogens is 4. The number of hydrogen-bond acceptors (Lipinski definition) is 3. The number of halogens is 1. The fourth-order valence-electron chi connectivity index (χ4n) is 2.71. The van der Waals surface area contributed by atoms with Gasteiger partial charge in [-0.2, -0.15) is 5.10 Å². The van der Waals surface area contributed by atoms with Gasteiger partial charge in [0.2, 0.25) is 0 Å². The number of benzene rings is 1. The van der Waals surface area contributed by atoms with E-state index in [2.05, 4.69) is 28.9 Å². The third-order valence-electron chi connectivity index (χ3n) is 3.59. The summed E-state index contributed by atoms with van der Waals surface area (Å²) in [5, 5.41) is 4.96. The first-order valence-electron chi connectivity index (χ1n) is 8.16. The molecule has 24 heavy (non-hydrogen) atoms. The molecular weight excluding hydrogens is 324 g/mol. The predicted molar refractivity (Wildman–Crippen MR) is 98.8 cm³/mol. The van der Waals surface area contributed by atoms with E-state index in [1.807, 2.05) is 45.2 Å². The Morgan fingerprint density at radius 2 is 1.96 bits per heavy atom. The molecule has 0 fully saturated rings. The molecule has 0 spiro atoms. The van der Waals surface area contributed by atoms with Crippen LogP contribution >= 0.6 is 11.6 Å². The summed E-state index contributed by atoms with van der Waals surface area (Å²) >= 11 is 6.00. The molecule has 0 aliphatic heterocycles. The molecule has 0 aliphatic carbocycles. The molecule has 0 saturated carbocycles. The van der Waals surface area contributed by atoms with Crippen LogP contribution in [0.25, 0.3) is 11.0 Å². The molecule has 1 N–H and O–H groups in total. The standard InChI is InChI=1S/C16H17ClN4O.C2H6/c1-9(2)15-13-14(20-21(15)3)16(22)19-12(18-13)8-10-5-4-6-11(17)7-10;1-2/h4-7,9H,8H2,1-3H3,(H,18,19,22);1-2H3. The van der Waals surface area contributed by atoms with Crippen LogP contribution in [0.4, 0.5) is 0 Å². The van der Waals surface area contributed by atoms with E-state index in [-0.39, 0.29) is 11.5 Å². The van der Waals surface area contributed by atoms with E-state index < -0.39 is 0 Å². The van der Waals surface area contributed by atoms with Gasteiger partial charge in [-0.05, 0) is 23.6 Å². The van der Waals surface area contributed by atoms with Gasteiger partial charge in [0.25, 0.3) is 5.56 Å². The van der Waals surface area contributed by atoms with Gasteiger partial charge in [-0.25, -0.2) is 4.98 Å². The van der Waals surface area contributed by atoms with E-state index in [1.165, 1.54) is 0 Å². The molecule has 3 rings (SSSR count). The van der Waals surface area contributed by atoms with Crippen molar-refractivity contribution in [1.82, 2.24) is 19.7 Å². The van der Waals surface area contributed by atoms with E-state index in [0.717, 1.165) is 11.3 Å². The van der Waals surface area contributed by atoms with Crippen LogP contribution in [0.2, 0.25) is 5.02 Å². The van der Waals surface area contributed by atoms with Gasteiger partial charge in [0.05, 0.1) is 5.69 Å². The van der Waals surface area contributed by atoms with Crippen molar-refractivity contribution in [2.45, 2.75) is 40.0 Å². The average molecular weight is 347 g/mol. The van der Waals surface area contributed by atoms with Crippen LogP contribution < -0.4 is 5.56 Å². The lowest BCUT2D eigenvalue weighted by Crippen LogP contribution is -2.12. The molecule has 128 valence electrons. The summed E-state index contributed by atoms with van der Waals surface area (Å²) in [6.45, 7) is 8.13. The fraction of sp³-hybridized carbons (Fsp3) is 0.389. The second-order valence-electron chi connectivity index (χ2n) is 5.68. The van der Waals surface area contributed by atoms with E-state index >= 15 is 0 Å². The Morgan fingerprint density at radius 1 is 1.25 bits per heavy atom. The third kappa shape index (κ3) is 3.67. The molecule has 3 aromatic rings. The number of hydrogen-bond donors (Lipinski definition) is 1. The average Bonchev–Trinajstić information content (AvgIpc) is 2.86. The maximum absolute atomic E-state index is 12.2. The highest BCUT2D eigenvalue weighted by Crippen LogP contribution is 2.21. The van der Waals surface area contributed by atoms with E-state index in [1.54, 1.807) is 4.68 Å². The molecule has 1 aromatic carbocycles. The largest absolute Gasteiger partial charge is 0.308 e. The lowest BCUT2D eigenvalue weighted by Gasteiger charge is -2.06. The van der Waals surface area contributed by atoms with Gasteiger partial charge < -0.3 is 4.98 Å². The number of aromatic amines is 1. The smallest absolute Gasteiger partial charge is 0.279 e. The number of aryl methyl sites for hydroxylation is 1. The molecule has 2 heterocycles. The molecular formula is C18H23ClN4O. The Balaban J connectivity index is 0.00000100. The molecule has 6 heteroatoms. The molecule has 0 atom stereocenters. The van der Waals surface area contributed by atoms with E-state index in [9.17, 15) is 4.79 Å². The quantitative estimate of drug-likeness (QED) is 0.778. The minimum absolute atomic E-state index is 0.204. The number of nitrogens with zero attached hydrogens (tertiary/aromatic N) is 3. The number of fused-ring (bicyclic) bond motifs is 1. The Labute approximate surface area is 146 Å². The van der Waals surface area contributed by atoms with Crippen LogP contribution in [-0.2, 0) is 13.5 Å². The summed E-state index contributed by atoms with van der Waals surface area (Å²) in [6.07, 6.45) is 0.526. The lowest BCUT2D eigenvalue weighted by atomic mass is 10.1. The Hall–Kier alpha value is -2.14. The third-order valence-corrected chi connectivity index (χ3v) is 3.83. The van der Waals surface area contributed by atoms with Crippen molar-refractivity contribution >= 4 is 22.6 Å². The molecule has 2 aromatic heterocycles. The molecule has 0 bridgehead atoms. The summed E-state index contributed by atoms with van der Waals surface area (Å²) < 4.78 is 1.74. The monoisotopic (exact) mass is 346 g/mol. The molecule has 5 nitrogen and oxygen atoms in total. The van der Waals surface area contributed by atoms with Crippen LogP contribution in [0.15, 0.2) is 29.1 Å². The zero-order valence-electron chi connectivity index (χ0n) is 14.7. The van der Waals surface area contributed by atoms with Crippen LogP contribution in [0.1, 0.15) is 50.7 Å². The van der Waals surface area contributed by atoms with Crippen molar-refractivity contribution in [3.8, 4) is 0 Å². The summed E-state index contributed by atoms with van der Waals surface area (Å²) in [4.78, 5) is 19.7. The zero-order valence-corrected chi connectivity index (χ0v) is 15.5. The Morgan fingerprint density at radius 3 is 2.58 bits per heavy atom. The van der Waals surface area contributed by atoms with Gasteiger partial charge in [0.15, 0.2) is 5.52 Å². The van der Waals surface area contributed by atoms with Gasteiger partial charge in [0.1, 0.15) is 11.3 Å². The Bertz CT molecular complexity index is 896. The second kappa shape index (κ2) is 7.62. The van der Waals surface area contributed by atoms with Gasteiger partial charge in [0, 0.05) is 18.5 Å². The van der Waals surface area contributed by atoms with Crippen LogP contribution in [0.3, 0.4) is 0 Å². The van der Waals surface area contributed by atoms with E-state index in [4.69, 9.17) is 11.6 Å². The molecule has 0 saturated heterocycles. The van der Waals surface area contributed by atoms with Gasteiger partial charge in [-0.15, -0.1) is 0 Å². The minimum Gasteiger partial charge on any atom is -0.308 e. The number of nitrogens with one attached hydrogen (secondary N) is 1. The first-order valence-corrected chi connectivity index (χ1v) is 8.53. The van der Waals surface area contributed by atoms with Crippen molar-refractivity contribution in [2.24, 2.45) is 7.05 Å². The maximum atomic E-state index is 12.2. The lowest BCUT2D eigenvalue weighted by molar-refractivity contribution is 0.676. The van der Waals surface area contributed by atoms with Crippen molar-refractivity contribution in [3.05, 3.63) is 56.7 Å². The van der Waals surface area contributed by atoms with Gasteiger partial charge in [-0.1, -0.05) is 51.4 Å². The van der Waals surface area contributed by atoms with Crippen LogP contribution in [0.5, 0.6) is 0 Å². The highest BCUT2D eigenvalue weighted by Gasteiger charge is 2.17. The SMILES string of the molecule is CC.CC(C)c1c2nc(Cc3cccc(Cl)c3)[nH]c(=O)c2nn1C. The predicted octanol–water partition coefficient (Wildman–Crippen LogP) is 4.05. The van der Waals surface area contributed by atoms with Crippen molar-refractivity contribution < 1.29 is 0 Å². The molecule has 0 amide bonds. The molecule has 0 unspecified atom stereocenters. The van der Waals surface area contributed by atoms with Crippen molar-refractivity contribution in [3.63, 3.8) is 0 Å². The molecule has 0 radical (unpaired) electrons. The normalized spacial score (nSPS) is 10.8. The highest BCUT2D eigenvalue weighted by molar-refractivity contribution is 6.30. The fourth-order valence-corrected chi connectivity index (χ4v) is 2.93. The van der Waals surface area contributed by atoms with Gasteiger partial charge in [-0.3, -0.25) is 9.48 Å².